The highest BCUT2D eigenvalue weighted by atomic mass is 16.5. The average molecular weight is 469 g/mol. The number of rotatable bonds is 5. The quantitative estimate of drug-likeness (QED) is 0.299. The van der Waals surface area contributed by atoms with Gasteiger partial charge in [0.2, 0.25) is 0 Å². The minimum Gasteiger partial charge on any atom is -0.462 e. The highest BCUT2D eigenvalue weighted by Crippen LogP contribution is 2.71. The second-order valence-electron chi connectivity index (χ2n) is 14.7. The molecular formula is C32H52O2. The van der Waals surface area contributed by atoms with Crippen LogP contribution in [-0.4, -0.2) is 12.1 Å². The van der Waals surface area contributed by atoms with Crippen LogP contribution in [0.4, 0.5) is 0 Å². The summed E-state index contributed by atoms with van der Waals surface area (Å²) in [6.07, 6.45) is 14.5. The summed E-state index contributed by atoms with van der Waals surface area (Å²) in [6.45, 7) is 19.5. The second-order valence-corrected chi connectivity index (χ2v) is 14.7. The first-order valence-electron chi connectivity index (χ1n) is 14.8. The van der Waals surface area contributed by atoms with Crippen LogP contribution in [0, 0.1) is 63.6 Å². The Morgan fingerprint density at radius 2 is 1.71 bits per heavy atom. The maximum absolute atomic E-state index is 11.5. The van der Waals surface area contributed by atoms with Crippen molar-refractivity contribution < 1.29 is 9.53 Å². The molecule has 0 aromatic rings. The van der Waals surface area contributed by atoms with Gasteiger partial charge in [-0.2, -0.15) is 0 Å². The van der Waals surface area contributed by atoms with Crippen LogP contribution in [0.2, 0.25) is 0 Å². The summed E-state index contributed by atoms with van der Waals surface area (Å²) in [6, 6.07) is 0. The van der Waals surface area contributed by atoms with Crippen LogP contribution in [0.3, 0.4) is 0 Å². The van der Waals surface area contributed by atoms with E-state index in [0.29, 0.717) is 16.2 Å². The first-order valence-corrected chi connectivity index (χ1v) is 14.8. The van der Waals surface area contributed by atoms with Gasteiger partial charge in [-0.25, -0.2) is 0 Å². The van der Waals surface area contributed by atoms with Crippen molar-refractivity contribution in [2.45, 2.75) is 119 Å². The summed E-state index contributed by atoms with van der Waals surface area (Å²) >= 11 is 0. The summed E-state index contributed by atoms with van der Waals surface area (Å²) in [7, 11) is 0. The van der Waals surface area contributed by atoms with Gasteiger partial charge in [0.15, 0.2) is 0 Å². The molecule has 5 aliphatic carbocycles. The zero-order valence-electron chi connectivity index (χ0n) is 23.5. The van der Waals surface area contributed by atoms with Crippen molar-refractivity contribution in [2.24, 2.45) is 63.6 Å². The Balaban J connectivity index is 1.32. The van der Waals surface area contributed by atoms with E-state index in [0.717, 1.165) is 60.2 Å². The summed E-state index contributed by atoms with van der Waals surface area (Å²) in [5.41, 5.74) is 3.08. The van der Waals surface area contributed by atoms with Crippen LogP contribution in [0.5, 0.6) is 0 Å². The third kappa shape index (κ3) is 3.66. The fraction of sp³-hybridized carbons (Fsp3) is 0.906. The Hall–Kier alpha value is -0.790. The zero-order valence-corrected chi connectivity index (χ0v) is 23.5. The average Bonchev–Trinajstić information content (AvgIpc) is 3.34. The molecule has 4 saturated carbocycles. The Labute approximate surface area is 210 Å². The zero-order chi connectivity index (χ0) is 24.6. The lowest BCUT2D eigenvalue weighted by Crippen LogP contribution is -2.51. The molecule has 5 rings (SSSR count). The van der Waals surface area contributed by atoms with Crippen molar-refractivity contribution in [1.29, 1.82) is 0 Å². The Morgan fingerprint density at radius 1 is 0.971 bits per heavy atom. The summed E-state index contributed by atoms with van der Waals surface area (Å²) in [4.78, 5) is 11.5. The highest BCUT2D eigenvalue weighted by Gasteiger charge is 2.63. The van der Waals surface area contributed by atoms with E-state index in [1.165, 1.54) is 44.9 Å². The Morgan fingerprint density at radius 3 is 2.38 bits per heavy atom. The number of carbonyl (C=O) groups excluding carboxylic acids is 1. The summed E-state index contributed by atoms with van der Waals surface area (Å²) in [5.74, 6) is 6.87. The van der Waals surface area contributed by atoms with Crippen molar-refractivity contribution in [2.75, 3.05) is 0 Å². The second kappa shape index (κ2) is 8.37. The summed E-state index contributed by atoms with van der Waals surface area (Å²) < 4.78 is 5.64. The molecule has 0 aromatic carbocycles. The monoisotopic (exact) mass is 468 g/mol. The molecule has 2 nitrogen and oxygen atoms in total. The molecule has 0 N–H and O–H groups in total. The van der Waals surface area contributed by atoms with Crippen molar-refractivity contribution in [1.82, 2.24) is 0 Å². The van der Waals surface area contributed by atoms with E-state index in [1.807, 2.05) is 0 Å². The molecule has 0 amide bonds. The largest absolute Gasteiger partial charge is 0.462 e. The van der Waals surface area contributed by atoms with Gasteiger partial charge in [0.05, 0.1) is 0 Å². The van der Waals surface area contributed by atoms with E-state index < -0.39 is 0 Å². The predicted molar refractivity (Wildman–Crippen MR) is 140 cm³/mol. The molecule has 4 fully saturated rings. The number of esters is 1. The van der Waals surface area contributed by atoms with E-state index in [1.54, 1.807) is 12.5 Å². The van der Waals surface area contributed by atoms with Crippen LogP contribution in [0.25, 0.3) is 0 Å². The maximum atomic E-state index is 11.5. The standard InChI is InChI=1S/C32H52O2/c1-19(2)21(4)32(8)18-29(32)20(3)26-11-12-27-25-10-9-23-17-24(34-22(5)33)13-15-30(23,6)28(25)14-16-31(26,27)7/h9,19-21,24-29H,10-18H2,1-8H3/t20-,21?,24?,25-,26+,27-,28-,29+,30-,31+,32+/m0/s1. The van der Waals surface area contributed by atoms with Crippen LogP contribution >= 0.6 is 0 Å². The fourth-order valence-electron chi connectivity index (χ4n) is 10.6. The molecule has 0 aliphatic heterocycles. The minimum atomic E-state index is -0.114. The minimum absolute atomic E-state index is 0.111. The maximum Gasteiger partial charge on any atom is 0.302 e. The van der Waals surface area contributed by atoms with Crippen molar-refractivity contribution in [3.63, 3.8) is 0 Å². The van der Waals surface area contributed by atoms with Crippen molar-refractivity contribution in [3.05, 3.63) is 11.6 Å². The smallest absolute Gasteiger partial charge is 0.302 e. The number of allylic oxidation sites excluding steroid dienone is 1. The highest BCUT2D eigenvalue weighted by molar-refractivity contribution is 5.66. The van der Waals surface area contributed by atoms with Crippen LogP contribution in [0.15, 0.2) is 11.6 Å². The normalized spacial score (nSPS) is 49.4. The molecule has 5 aliphatic rings. The van der Waals surface area contributed by atoms with Crippen LogP contribution < -0.4 is 0 Å². The van der Waals surface area contributed by atoms with Crippen LogP contribution in [0.1, 0.15) is 113 Å². The van der Waals surface area contributed by atoms with Crippen molar-refractivity contribution >= 4 is 5.97 Å². The number of hydrogen-bond donors (Lipinski definition) is 0. The number of fused-ring (bicyclic) bond motifs is 5. The lowest BCUT2D eigenvalue weighted by atomic mass is 9.47. The van der Waals surface area contributed by atoms with Crippen molar-refractivity contribution in [3.8, 4) is 0 Å². The molecule has 192 valence electrons. The van der Waals surface area contributed by atoms with Gasteiger partial charge in [0.1, 0.15) is 6.10 Å². The number of carbonyl (C=O) groups is 1. The van der Waals surface area contributed by atoms with Crippen LogP contribution in [-0.2, 0) is 9.53 Å². The number of ether oxygens (including phenoxy) is 1. The lowest BCUT2D eigenvalue weighted by molar-refractivity contribution is -0.148. The molecule has 0 radical (unpaired) electrons. The molecule has 0 aromatic heterocycles. The van der Waals surface area contributed by atoms with E-state index in [-0.39, 0.29) is 12.1 Å². The molecule has 0 bridgehead atoms. The molecule has 2 heteroatoms. The van der Waals surface area contributed by atoms with Gasteiger partial charge < -0.3 is 4.74 Å². The van der Waals surface area contributed by atoms with Gasteiger partial charge >= 0.3 is 5.97 Å². The lowest BCUT2D eigenvalue weighted by Gasteiger charge is -2.58. The molecule has 0 heterocycles. The van der Waals surface area contributed by atoms with Gasteiger partial charge in [-0.3, -0.25) is 4.79 Å². The van der Waals surface area contributed by atoms with Gasteiger partial charge in [0, 0.05) is 13.3 Å². The SMILES string of the molecule is CC(=O)OC1CC[C@@]2(C)C(=CC[C@H]3[C@@H]4CC[C@H]([C@H](C)[C@H]5C[C@]5(C)C(C)C(C)C)[C@@]4(C)CC[C@@H]32)C1. The van der Waals surface area contributed by atoms with Gasteiger partial charge in [0.25, 0.3) is 0 Å². The molecule has 11 atom stereocenters. The molecular weight excluding hydrogens is 416 g/mol. The molecule has 0 spiro atoms. The Kier molecular flexibility index (Phi) is 6.13. The number of hydrogen-bond acceptors (Lipinski definition) is 2. The van der Waals surface area contributed by atoms with E-state index in [4.69, 9.17) is 4.74 Å². The first-order chi connectivity index (χ1) is 15.9. The Bertz CT molecular complexity index is 842. The van der Waals surface area contributed by atoms with Gasteiger partial charge in [-0.15, -0.1) is 0 Å². The van der Waals surface area contributed by atoms with Gasteiger partial charge in [-0.1, -0.05) is 60.1 Å². The third-order valence-electron chi connectivity index (χ3n) is 13.1. The topological polar surface area (TPSA) is 26.3 Å². The fourth-order valence-corrected chi connectivity index (χ4v) is 10.6. The van der Waals surface area contributed by atoms with E-state index >= 15 is 0 Å². The summed E-state index contributed by atoms with van der Waals surface area (Å²) in [5, 5.41) is 0. The van der Waals surface area contributed by atoms with E-state index in [2.05, 4.69) is 54.5 Å². The third-order valence-corrected chi connectivity index (χ3v) is 13.1. The first kappa shape index (κ1) is 24.9. The molecule has 34 heavy (non-hydrogen) atoms. The molecule has 2 unspecified atom stereocenters. The van der Waals surface area contributed by atoms with E-state index in [9.17, 15) is 4.79 Å². The molecule has 0 saturated heterocycles. The predicted octanol–water partition coefficient (Wildman–Crippen LogP) is 8.45. The van der Waals surface area contributed by atoms with Gasteiger partial charge in [-0.05, 0) is 115 Å².